The minimum atomic E-state index is -3.28. The van der Waals surface area contributed by atoms with Crippen LogP contribution in [0.4, 0.5) is 5.82 Å². The minimum absolute atomic E-state index is 0.399. The van der Waals surface area contributed by atoms with Gasteiger partial charge in [-0.05, 0) is 32.4 Å². The summed E-state index contributed by atoms with van der Waals surface area (Å²) in [6, 6.07) is 5.59. The van der Waals surface area contributed by atoms with Crippen LogP contribution < -0.4 is 10.0 Å². The second kappa shape index (κ2) is 7.23. The molecular formula is C16H23N5O2S. The van der Waals surface area contributed by atoms with E-state index in [-0.39, 0.29) is 0 Å². The third-order valence-electron chi connectivity index (χ3n) is 3.25. The van der Waals surface area contributed by atoms with Gasteiger partial charge in [0, 0.05) is 41.8 Å². The molecule has 24 heavy (non-hydrogen) atoms. The Balaban J connectivity index is 2.21. The zero-order valence-corrected chi connectivity index (χ0v) is 15.2. The highest BCUT2D eigenvalue weighted by Gasteiger charge is 2.22. The quantitative estimate of drug-likeness (QED) is 0.792. The summed E-state index contributed by atoms with van der Waals surface area (Å²) in [5, 5.41) is 3.20. The van der Waals surface area contributed by atoms with Crippen molar-refractivity contribution in [1.29, 1.82) is 0 Å². The highest BCUT2D eigenvalue weighted by Crippen LogP contribution is 2.18. The molecule has 0 unspecified atom stereocenters. The van der Waals surface area contributed by atoms with Gasteiger partial charge in [-0.25, -0.2) is 23.1 Å². The summed E-state index contributed by atoms with van der Waals surface area (Å²) in [7, 11) is -3.28. The number of pyridine rings is 1. The lowest BCUT2D eigenvalue weighted by Gasteiger charge is -2.25. The first kappa shape index (κ1) is 18.3. The fraction of sp³-hybridized carbons (Fsp3) is 0.438. The van der Waals surface area contributed by atoms with Crippen molar-refractivity contribution in [3.05, 3.63) is 36.3 Å². The minimum Gasteiger partial charge on any atom is -0.368 e. The number of sulfonamides is 1. The Morgan fingerprint density at radius 2 is 1.83 bits per heavy atom. The van der Waals surface area contributed by atoms with Crippen molar-refractivity contribution < 1.29 is 8.42 Å². The Kier molecular flexibility index (Phi) is 5.51. The van der Waals surface area contributed by atoms with Gasteiger partial charge < -0.3 is 5.32 Å². The first-order chi connectivity index (χ1) is 11.2. The molecule has 2 rings (SSSR count). The summed E-state index contributed by atoms with van der Waals surface area (Å²) in [6.07, 6.45) is 5.32. The van der Waals surface area contributed by atoms with E-state index in [1.807, 2.05) is 39.0 Å². The van der Waals surface area contributed by atoms with Gasteiger partial charge in [0.1, 0.15) is 5.82 Å². The Bertz CT molecular complexity index is 791. The van der Waals surface area contributed by atoms with E-state index in [1.54, 1.807) is 12.4 Å². The van der Waals surface area contributed by atoms with E-state index >= 15 is 0 Å². The van der Waals surface area contributed by atoms with Gasteiger partial charge in [-0.15, -0.1) is 0 Å². The molecule has 0 saturated heterocycles. The third kappa shape index (κ3) is 5.54. The summed E-state index contributed by atoms with van der Waals surface area (Å²) in [5.41, 5.74) is 1.16. The predicted molar refractivity (Wildman–Crippen MR) is 95.2 cm³/mol. The molecule has 0 spiro atoms. The molecule has 0 amide bonds. The molecule has 0 radical (unpaired) electrons. The summed E-state index contributed by atoms with van der Waals surface area (Å²) in [4.78, 5) is 13.1. The SMILES string of the molecule is CCc1cc(NCC(C)(C)NS(C)(=O)=O)nc(-c2ccncc2)n1. The molecule has 0 fully saturated rings. The van der Waals surface area contributed by atoms with E-state index in [0.29, 0.717) is 18.2 Å². The molecule has 0 bridgehead atoms. The lowest BCUT2D eigenvalue weighted by Crippen LogP contribution is -2.47. The Morgan fingerprint density at radius 3 is 2.42 bits per heavy atom. The second-order valence-corrected chi connectivity index (χ2v) is 8.02. The lowest BCUT2D eigenvalue weighted by molar-refractivity contribution is 0.476. The van der Waals surface area contributed by atoms with E-state index in [1.165, 1.54) is 0 Å². The van der Waals surface area contributed by atoms with Crippen LogP contribution in [0, 0.1) is 0 Å². The largest absolute Gasteiger partial charge is 0.368 e. The van der Waals surface area contributed by atoms with Gasteiger partial charge in [0.25, 0.3) is 0 Å². The van der Waals surface area contributed by atoms with Gasteiger partial charge in [0.05, 0.1) is 6.26 Å². The number of anilines is 1. The lowest BCUT2D eigenvalue weighted by atomic mass is 10.1. The van der Waals surface area contributed by atoms with E-state index < -0.39 is 15.6 Å². The zero-order chi connectivity index (χ0) is 17.8. The Labute approximate surface area is 143 Å². The highest BCUT2D eigenvalue weighted by atomic mass is 32.2. The molecule has 2 aromatic rings. The molecule has 0 aromatic carbocycles. The van der Waals surface area contributed by atoms with Crippen molar-refractivity contribution in [2.75, 3.05) is 18.1 Å². The van der Waals surface area contributed by atoms with Crippen molar-refractivity contribution in [2.24, 2.45) is 0 Å². The molecule has 2 heterocycles. The summed E-state index contributed by atoms with van der Waals surface area (Å²) in [6.45, 7) is 6.05. The zero-order valence-electron chi connectivity index (χ0n) is 14.4. The van der Waals surface area contributed by atoms with E-state index in [9.17, 15) is 8.42 Å². The van der Waals surface area contributed by atoms with E-state index in [2.05, 4.69) is 25.0 Å². The maximum absolute atomic E-state index is 11.4. The van der Waals surface area contributed by atoms with Crippen LogP contribution in [0.25, 0.3) is 11.4 Å². The monoisotopic (exact) mass is 349 g/mol. The maximum atomic E-state index is 11.4. The summed E-state index contributed by atoms with van der Waals surface area (Å²) < 4.78 is 25.5. The van der Waals surface area contributed by atoms with Crippen molar-refractivity contribution in [1.82, 2.24) is 19.7 Å². The number of aromatic nitrogens is 3. The van der Waals surface area contributed by atoms with Crippen molar-refractivity contribution in [2.45, 2.75) is 32.7 Å². The third-order valence-corrected chi connectivity index (χ3v) is 4.18. The van der Waals surface area contributed by atoms with Crippen LogP contribution in [0.15, 0.2) is 30.6 Å². The van der Waals surface area contributed by atoms with E-state index in [4.69, 9.17) is 0 Å². The molecule has 7 nitrogen and oxygen atoms in total. The second-order valence-electron chi connectivity index (χ2n) is 6.27. The maximum Gasteiger partial charge on any atom is 0.209 e. The van der Waals surface area contributed by atoms with Crippen LogP contribution in [-0.4, -0.2) is 41.7 Å². The number of nitrogens with one attached hydrogen (secondary N) is 2. The molecule has 0 aliphatic heterocycles. The Hall–Kier alpha value is -2.06. The summed E-state index contributed by atoms with van der Waals surface area (Å²) in [5.74, 6) is 1.28. The number of nitrogens with zero attached hydrogens (tertiary/aromatic N) is 3. The molecule has 2 N–H and O–H groups in total. The number of hydrogen-bond donors (Lipinski definition) is 2. The molecule has 130 valence electrons. The van der Waals surface area contributed by atoms with Crippen LogP contribution in [0.1, 0.15) is 26.5 Å². The van der Waals surface area contributed by atoms with Gasteiger partial charge in [0.15, 0.2) is 5.82 Å². The van der Waals surface area contributed by atoms with Crippen molar-refractivity contribution >= 4 is 15.8 Å². The number of hydrogen-bond acceptors (Lipinski definition) is 6. The van der Waals surface area contributed by atoms with Gasteiger partial charge in [-0.1, -0.05) is 6.92 Å². The van der Waals surface area contributed by atoms with Crippen LogP contribution in [0.2, 0.25) is 0 Å². The topological polar surface area (TPSA) is 96.9 Å². The van der Waals surface area contributed by atoms with Crippen molar-refractivity contribution in [3.8, 4) is 11.4 Å². The fourth-order valence-corrected chi connectivity index (χ4v) is 3.32. The molecule has 0 aliphatic rings. The highest BCUT2D eigenvalue weighted by molar-refractivity contribution is 7.88. The van der Waals surface area contributed by atoms with Crippen LogP contribution in [0.3, 0.4) is 0 Å². The average molecular weight is 349 g/mol. The predicted octanol–water partition coefficient (Wildman–Crippen LogP) is 1.84. The van der Waals surface area contributed by atoms with Crippen LogP contribution in [0.5, 0.6) is 0 Å². The first-order valence-corrected chi connectivity index (χ1v) is 9.59. The van der Waals surface area contributed by atoms with Gasteiger partial charge in [-0.3, -0.25) is 4.98 Å². The normalized spacial score (nSPS) is 12.2. The molecule has 2 aromatic heterocycles. The van der Waals surface area contributed by atoms with Crippen molar-refractivity contribution in [3.63, 3.8) is 0 Å². The first-order valence-electron chi connectivity index (χ1n) is 7.70. The van der Waals surface area contributed by atoms with Gasteiger partial charge in [-0.2, -0.15) is 0 Å². The van der Waals surface area contributed by atoms with Gasteiger partial charge in [0.2, 0.25) is 10.0 Å². The van der Waals surface area contributed by atoms with Gasteiger partial charge >= 0.3 is 0 Å². The van der Waals surface area contributed by atoms with E-state index in [0.717, 1.165) is 23.9 Å². The summed E-state index contributed by atoms with van der Waals surface area (Å²) >= 11 is 0. The number of aryl methyl sites for hydroxylation is 1. The molecule has 0 aliphatic carbocycles. The average Bonchev–Trinajstić information content (AvgIpc) is 2.51. The number of rotatable bonds is 7. The van der Waals surface area contributed by atoms with Crippen LogP contribution in [-0.2, 0) is 16.4 Å². The van der Waals surface area contributed by atoms with Crippen LogP contribution >= 0.6 is 0 Å². The molecular weight excluding hydrogens is 326 g/mol. The fourth-order valence-electron chi connectivity index (χ4n) is 2.25. The molecule has 0 saturated carbocycles. The standard InChI is InChI=1S/C16H23N5O2S/c1-5-13-10-14(18-11-16(2,3)21-24(4,22)23)20-15(19-13)12-6-8-17-9-7-12/h6-10,21H,5,11H2,1-4H3,(H,18,19,20). The molecule has 0 atom stereocenters. The Morgan fingerprint density at radius 1 is 1.17 bits per heavy atom. The smallest absolute Gasteiger partial charge is 0.209 e. The molecule has 8 heteroatoms.